The lowest BCUT2D eigenvalue weighted by molar-refractivity contribution is 0.614. The molecule has 2 heteroatoms. The Morgan fingerprint density at radius 3 is 1.58 bits per heavy atom. The van der Waals surface area contributed by atoms with Crippen LogP contribution in [0.5, 0.6) is 0 Å². The minimum atomic E-state index is -0.187. The summed E-state index contributed by atoms with van der Waals surface area (Å²) in [6.45, 7) is 14.2. The molecule has 0 N–H and O–H groups in total. The molecule has 9 aromatic carbocycles. The highest BCUT2D eigenvalue weighted by Crippen LogP contribution is 2.52. The standard InChI is InChI=1S/C76H62N2/c1-49(58-30-22-32-64-62-29-12-9-26-56(62)50(2)74(58)64)57-45-43-54(77-70-37-17-13-33-66(70)75(3,4)67-34-14-18-38-71(67)77)25-21-31-59(51-23-7-8-24-52-47-53(42-41-51)61-28-11-10-27-60(52)61)65-48-55(44-46-63(57)65)78-72-39-19-15-35-68(72)76(5,6)69-36-16-20-40-73(69)78/h7-24,26-48,54H,25H2,1-6H3/b8-7?,23-7?,24-8?,31-21+,42-41?,45-43+,51-23?,51-41?,52-24?,53-42?,58-49+,63-57+,65-59+. The molecule has 2 heterocycles. The van der Waals surface area contributed by atoms with Gasteiger partial charge in [-0.1, -0.05) is 234 Å². The Bertz CT molecular complexity index is 4310. The molecule has 0 aromatic heterocycles. The van der Waals surface area contributed by atoms with E-state index in [9.17, 15) is 0 Å². The molecule has 0 saturated carbocycles. The number of nitrogens with zero attached hydrogens (tertiary/aromatic N) is 2. The zero-order chi connectivity index (χ0) is 52.9. The molecule has 5 aliphatic rings. The molecular weight excluding hydrogens is 941 g/mol. The van der Waals surface area contributed by atoms with E-state index in [1.807, 2.05) is 0 Å². The van der Waals surface area contributed by atoms with Crippen LogP contribution in [0.15, 0.2) is 249 Å². The Kier molecular flexibility index (Phi) is 11.2. The van der Waals surface area contributed by atoms with Gasteiger partial charge in [-0.2, -0.15) is 0 Å². The molecule has 0 radical (unpaired) electrons. The average molecular weight is 1000 g/mol. The van der Waals surface area contributed by atoms with E-state index in [2.05, 4.69) is 300 Å². The molecule has 9 aromatic rings. The minimum Gasteiger partial charge on any atom is -0.334 e. The van der Waals surface area contributed by atoms with Crippen molar-refractivity contribution in [2.45, 2.75) is 64.8 Å². The summed E-state index contributed by atoms with van der Waals surface area (Å²) in [7, 11) is 0. The van der Waals surface area contributed by atoms with E-state index in [4.69, 9.17) is 0 Å². The van der Waals surface area contributed by atoms with Crippen LogP contribution in [0, 0.1) is 0 Å². The Morgan fingerprint density at radius 1 is 0.436 bits per heavy atom. The number of rotatable bonds is 4. The average Bonchev–Trinajstić information content (AvgIpc) is 4.06. The number of para-hydroxylation sites is 4. The van der Waals surface area contributed by atoms with Gasteiger partial charge in [0.15, 0.2) is 0 Å². The zero-order valence-electron chi connectivity index (χ0n) is 45.4. The van der Waals surface area contributed by atoms with E-state index in [1.54, 1.807) is 0 Å². The van der Waals surface area contributed by atoms with Gasteiger partial charge >= 0.3 is 0 Å². The number of hydrogen-bond acceptors (Lipinski definition) is 2. The van der Waals surface area contributed by atoms with Crippen LogP contribution in [0.2, 0.25) is 0 Å². The molecule has 78 heavy (non-hydrogen) atoms. The van der Waals surface area contributed by atoms with Gasteiger partial charge in [0.05, 0.1) is 17.4 Å². The molecule has 2 nitrogen and oxygen atoms in total. The maximum absolute atomic E-state index is 2.62. The molecule has 2 aliphatic heterocycles. The third-order valence-corrected chi connectivity index (χ3v) is 17.8. The summed E-state index contributed by atoms with van der Waals surface area (Å²) in [6, 6.07) is 84.2. The molecule has 0 saturated heterocycles. The first-order chi connectivity index (χ1) is 38.1. The molecule has 0 spiro atoms. The third kappa shape index (κ3) is 7.37. The van der Waals surface area contributed by atoms with E-state index in [0.717, 1.165) is 23.2 Å². The highest BCUT2D eigenvalue weighted by molar-refractivity contribution is 5.97. The highest BCUT2D eigenvalue weighted by Gasteiger charge is 2.39. The van der Waals surface area contributed by atoms with E-state index in [1.165, 1.54) is 122 Å². The van der Waals surface area contributed by atoms with Crippen molar-refractivity contribution in [3.05, 3.63) is 303 Å². The van der Waals surface area contributed by atoms with Gasteiger partial charge in [-0.3, -0.25) is 0 Å². The van der Waals surface area contributed by atoms with Gasteiger partial charge in [-0.25, -0.2) is 0 Å². The predicted molar refractivity (Wildman–Crippen MR) is 329 cm³/mol. The van der Waals surface area contributed by atoms with Crippen LogP contribution in [-0.2, 0) is 10.8 Å². The summed E-state index contributed by atoms with van der Waals surface area (Å²) in [5.41, 5.74) is 26.0. The Balaban J connectivity index is 1.11. The fourth-order valence-electron chi connectivity index (χ4n) is 13.8. The van der Waals surface area contributed by atoms with E-state index in [0.29, 0.717) is 0 Å². The van der Waals surface area contributed by atoms with Crippen LogP contribution in [0.4, 0.5) is 28.4 Å². The lowest BCUT2D eigenvalue weighted by Crippen LogP contribution is -2.38. The van der Waals surface area contributed by atoms with Crippen molar-refractivity contribution in [3.63, 3.8) is 0 Å². The predicted octanol–water partition coefficient (Wildman–Crippen LogP) is 16.3. The third-order valence-electron chi connectivity index (χ3n) is 17.8. The molecule has 2 bridgehead atoms. The van der Waals surface area contributed by atoms with Gasteiger partial charge in [0.2, 0.25) is 0 Å². The van der Waals surface area contributed by atoms with E-state index >= 15 is 0 Å². The lowest BCUT2D eigenvalue weighted by atomic mass is 9.73. The summed E-state index contributed by atoms with van der Waals surface area (Å²) in [5.74, 6) is 0. The van der Waals surface area contributed by atoms with Gasteiger partial charge in [0, 0.05) is 27.9 Å². The normalized spacial score (nSPS) is 19.1. The Morgan fingerprint density at radius 2 is 0.936 bits per heavy atom. The molecule has 14 rings (SSSR count). The quantitative estimate of drug-likeness (QED) is 0.173. The van der Waals surface area contributed by atoms with Crippen LogP contribution in [-0.4, -0.2) is 6.04 Å². The van der Waals surface area contributed by atoms with Crippen LogP contribution < -0.4 is 30.7 Å². The number of anilines is 5. The second kappa shape index (κ2) is 18.4. The first-order valence-corrected chi connectivity index (χ1v) is 27.8. The van der Waals surface area contributed by atoms with Gasteiger partial charge in [0.25, 0.3) is 0 Å². The first-order valence-electron chi connectivity index (χ1n) is 27.8. The summed E-state index contributed by atoms with van der Waals surface area (Å²) < 4.78 is 0. The summed E-state index contributed by atoms with van der Waals surface area (Å²) in [6.07, 6.45) is 10.6. The van der Waals surface area contributed by atoms with Crippen molar-refractivity contribution in [1.82, 2.24) is 0 Å². The van der Waals surface area contributed by atoms with Crippen molar-refractivity contribution in [1.29, 1.82) is 0 Å². The van der Waals surface area contributed by atoms with E-state index < -0.39 is 0 Å². The number of hydrogen-bond donors (Lipinski definition) is 0. The molecule has 0 fully saturated rings. The molecule has 376 valence electrons. The summed E-state index contributed by atoms with van der Waals surface area (Å²) in [5, 5.41) is 4.93. The monoisotopic (exact) mass is 1000 g/mol. The van der Waals surface area contributed by atoms with Crippen molar-refractivity contribution in [3.8, 4) is 33.4 Å². The van der Waals surface area contributed by atoms with Crippen LogP contribution in [0.25, 0.3) is 55.7 Å². The molecule has 3 aliphatic carbocycles. The van der Waals surface area contributed by atoms with Gasteiger partial charge in [-0.05, 0) is 173 Å². The number of allylic oxidation sites excluding steroid dienone is 2. The molecule has 1 atom stereocenters. The van der Waals surface area contributed by atoms with Crippen LogP contribution >= 0.6 is 0 Å². The largest absolute Gasteiger partial charge is 0.334 e. The lowest BCUT2D eigenvalue weighted by Gasteiger charge is -2.44. The van der Waals surface area contributed by atoms with Crippen molar-refractivity contribution in [2.24, 2.45) is 0 Å². The van der Waals surface area contributed by atoms with E-state index in [-0.39, 0.29) is 16.9 Å². The van der Waals surface area contributed by atoms with Gasteiger partial charge < -0.3 is 9.80 Å². The van der Waals surface area contributed by atoms with Crippen molar-refractivity contribution in [2.75, 3.05) is 9.80 Å². The molecule has 0 amide bonds. The number of benzene rings is 8. The maximum atomic E-state index is 2.62. The second-order valence-electron chi connectivity index (χ2n) is 22.8. The van der Waals surface area contributed by atoms with Gasteiger partial charge in [-0.15, -0.1) is 0 Å². The highest BCUT2D eigenvalue weighted by atomic mass is 15.2. The number of fused-ring (bicyclic) bond motifs is 13. The zero-order valence-corrected chi connectivity index (χ0v) is 45.4. The van der Waals surface area contributed by atoms with Gasteiger partial charge in [0.1, 0.15) is 0 Å². The Hall–Kier alpha value is -8.98. The minimum absolute atomic E-state index is 0.0227. The smallest absolute Gasteiger partial charge is 0.0560 e. The van der Waals surface area contributed by atoms with Crippen LogP contribution in [0.1, 0.15) is 81.3 Å². The molecular formula is C76H62N2. The molecule has 1 unspecified atom stereocenters. The van der Waals surface area contributed by atoms with Crippen molar-refractivity contribution >= 4 is 50.7 Å². The van der Waals surface area contributed by atoms with Crippen LogP contribution in [0.3, 0.4) is 0 Å². The SMILES string of the molecule is CC1=c2c(ccc\c2=C(C)/C2=c3\ccc(N4c5ccccc5C(C)(C)c5ccccc54)c\c3=C(c3ccccc4cc(cc3)-c3ccccc3-4)\C=C\CC(N3c4ccccc4C(C)(C)c4ccccc43)\C=C\2)-c2ccccc21. The van der Waals surface area contributed by atoms with Crippen molar-refractivity contribution < 1.29 is 0 Å². The topological polar surface area (TPSA) is 6.48 Å². The Labute approximate surface area is 459 Å². The maximum Gasteiger partial charge on any atom is 0.0560 e. The summed E-state index contributed by atoms with van der Waals surface area (Å²) >= 11 is 0. The fraction of sp³-hybridized carbons (Fsp3) is 0.132. The fourth-order valence-corrected chi connectivity index (χ4v) is 13.8. The first kappa shape index (κ1) is 47.5. The second-order valence-corrected chi connectivity index (χ2v) is 22.8. The summed E-state index contributed by atoms with van der Waals surface area (Å²) in [4.78, 5) is 5.13.